The molecule has 5 atom stereocenters. The van der Waals surface area contributed by atoms with Gasteiger partial charge in [-0.15, -0.1) is 0 Å². The summed E-state index contributed by atoms with van der Waals surface area (Å²) >= 11 is 0. The van der Waals surface area contributed by atoms with Gasteiger partial charge in [0.25, 0.3) is 5.92 Å². The highest BCUT2D eigenvalue weighted by Gasteiger charge is 2.62. The second-order valence-electron chi connectivity index (χ2n) is 7.29. The van der Waals surface area contributed by atoms with E-state index in [9.17, 15) is 13.2 Å². The summed E-state index contributed by atoms with van der Waals surface area (Å²) in [6.45, 7) is 2.01. The van der Waals surface area contributed by atoms with Crippen molar-refractivity contribution < 1.29 is 13.2 Å². The fourth-order valence-corrected chi connectivity index (χ4v) is 5.16. The van der Waals surface area contributed by atoms with Gasteiger partial charge in [-0.3, -0.25) is 0 Å². The first-order chi connectivity index (χ1) is 9.00. The Morgan fingerprint density at radius 3 is 2.26 bits per heavy atom. The molecule has 0 bridgehead atoms. The molecule has 3 fully saturated rings. The Labute approximate surface area is 114 Å². The molecule has 0 aromatic heterocycles. The number of halogens is 3. The van der Waals surface area contributed by atoms with Crippen LogP contribution in [0.3, 0.4) is 0 Å². The average molecular weight is 274 g/mol. The zero-order valence-corrected chi connectivity index (χ0v) is 11.8. The van der Waals surface area contributed by atoms with Gasteiger partial charge in [-0.05, 0) is 49.9 Å². The van der Waals surface area contributed by atoms with E-state index < -0.39 is 23.9 Å². The standard InChI is InChI=1S/C16H25F3/c1-10-7-12-9-13(11-5-3-2-4-6-11)16(18,19)15(12)14(17)8-10/h10-15H,2-9H2,1H3. The van der Waals surface area contributed by atoms with E-state index in [1.54, 1.807) is 0 Å². The summed E-state index contributed by atoms with van der Waals surface area (Å²) in [6.07, 6.45) is 5.68. The molecule has 0 spiro atoms. The SMILES string of the molecule is CC1CC(F)C2C(C1)CC(C1CCCCC1)C2(F)F. The molecule has 3 heteroatoms. The van der Waals surface area contributed by atoms with Crippen molar-refractivity contribution in [1.82, 2.24) is 0 Å². The third kappa shape index (κ3) is 2.31. The van der Waals surface area contributed by atoms with Crippen molar-refractivity contribution in [3.8, 4) is 0 Å². The lowest BCUT2D eigenvalue weighted by Crippen LogP contribution is -2.42. The lowest BCUT2D eigenvalue weighted by molar-refractivity contribution is -0.130. The topological polar surface area (TPSA) is 0 Å². The van der Waals surface area contributed by atoms with Gasteiger partial charge in [0.15, 0.2) is 0 Å². The summed E-state index contributed by atoms with van der Waals surface area (Å²) in [6, 6.07) is 0. The third-order valence-electron chi connectivity index (χ3n) is 5.94. The van der Waals surface area contributed by atoms with Gasteiger partial charge in [0.05, 0.1) is 5.92 Å². The fraction of sp³-hybridized carbons (Fsp3) is 1.00. The number of fused-ring (bicyclic) bond motifs is 1. The highest BCUT2D eigenvalue weighted by atomic mass is 19.3. The van der Waals surface area contributed by atoms with Gasteiger partial charge < -0.3 is 0 Å². The first kappa shape index (κ1) is 13.8. The van der Waals surface area contributed by atoms with E-state index in [4.69, 9.17) is 0 Å². The molecule has 3 aliphatic rings. The summed E-state index contributed by atoms with van der Waals surface area (Å²) < 4.78 is 43.5. The molecule has 0 radical (unpaired) electrons. The van der Waals surface area contributed by atoms with Crippen LogP contribution in [0.5, 0.6) is 0 Å². The second kappa shape index (κ2) is 4.96. The monoisotopic (exact) mass is 274 g/mol. The lowest BCUT2D eigenvalue weighted by atomic mass is 9.74. The Hall–Kier alpha value is -0.210. The summed E-state index contributed by atoms with van der Waals surface area (Å²) in [5.41, 5.74) is 0. The van der Waals surface area contributed by atoms with Gasteiger partial charge in [0.2, 0.25) is 0 Å². The van der Waals surface area contributed by atoms with Gasteiger partial charge in [0.1, 0.15) is 6.17 Å². The molecule has 0 aromatic carbocycles. The van der Waals surface area contributed by atoms with Crippen molar-refractivity contribution in [3.63, 3.8) is 0 Å². The third-order valence-corrected chi connectivity index (χ3v) is 5.94. The minimum absolute atomic E-state index is 0.0688. The quantitative estimate of drug-likeness (QED) is 0.614. The molecule has 3 rings (SSSR count). The minimum atomic E-state index is -2.76. The van der Waals surface area contributed by atoms with Crippen LogP contribution < -0.4 is 0 Å². The zero-order valence-electron chi connectivity index (χ0n) is 11.8. The number of alkyl halides is 3. The van der Waals surface area contributed by atoms with Gasteiger partial charge in [-0.25, -0.2) is 13.2 Å². The smallest absolute Gasteiger partial charge is 0.247 e. The number of hydrogen-bond donors (Lipinski definition) is 0. The van der Waals surface area contributed by atoms with Gasteiger partial charge in [0, 0.05) is 5.92 Å². The maximum atomic E-state index is 14.7. The number of rotatable bonds is 1. The van der Waals surface area contributed by atoms with Crippen molar-refractivity contribution in [3.05, 3.63) is 0 Å². The van der Waals surface area contributed by atoms with Crippen molar-refractivity contribution >= 4 is 0 Å². The van der Waals surface area contributed by atoms with E-state index in [1.807, 2.05) is 6.92 Å². The Morgan fingerprint density at radius 1 is 0.895 bits per heavy atom. The van der Waals surface area contributed by atoms with Crippen molar-refractivity contribution in [2.45, 2.75) is 70.4 Å². The van der Waals surface area contributed by atoms with E-state index in [2.05, 4.69) is 0 Å². The Kier molecular flexibility index (Phi) is 3.59. The van der Waals surface area contributed by atoms with Gasteiger partial charge in [-0.1, -0.05) is 26.2 Å². The molecule has 0 heterocycles. The summed E-state index contributed by atoms with van der Waals surface area (Å²) in [4.78, 5) is 0. The molecule has 3 aliphatic carbocycles. The van der Waals surface area contributed by atoms with Crippen LogP contribution in [0.4, 0.5) is 13.2 Å². The van der Waals surface area contributed by atoms with Crippen LogP contribution in [0.1, 0.15) is 58.3 Å². The summed E-state index contributed by atoms with van der Waals surface area (Å²) in [5.74, 6) is -3.91. The van der Waals surface area contributed by atoms with Crippen LogP contribution >= 0.6 is 0 Å². The van der Waals surface area contributed by atoms with Gasteiger partial charge in [-0.2, -0.15) is 0 Å². The molecule has 0 nitrogen and oxygen atoms in total. The van der Waals surface area contributed by atoms with E-state index >= 15 is 0 Å². The number of hydrogen-bond acceptors (Lipinski definition) is 0. The van der Waals surface area contributed by atoms with Crippen LogP contribution in [-0.2, 0) is 0 Å². The predicted octanol–water partition coefficient (Wildman–Crippen LogP) is 5.22. The lowest BCUT2D eigenvalue weighted by Gasteiger charge is -2.37. The van der Waals surface area contributed by atoms with E-state index in [0.717, 1.165) is 32.1 Å². The molecule has 110 valence electrons. The van der Waals surface area contributed by atoms with Crippen LogP contribution in [0.25, 0.3) is 0 Å². The molecular formula is C16H25F3. The first-order valence-corrected chi connectivity index (χ1v) is 8.02. The van der Waals surface area contributed by atoms with Crippen LogP contribution in [-0.4, -0.2) is 12.1 Å². The normalized spacial score (nSPS) is 47.1. The highest BCUT2D eigenvalue weighted by Crippen LogP contribution is 2.59. The molecule has 0 amide bonds. The van der Waals surface area contributed by atoms with Crippen molar-refractivity contribution in [2.24, 2.45) is 29.6 Å². The van der Waals surface area contributed by atoms with Crippen molar-refractivity contribution in [2.75, 3.05) is 0 Å². The molecule has 0 saturated heterocycles. The summed E-state index contributed by atoms with van der Waals surface area (Å²) in [7, 11) is 0. The molecule has 0 aliphatic heterocycles. The highest BCUT2D eigenvalue weighted by molar-refractivity contribution is 5.04. The maximum absolute atomic E-state index is 14.7. The predicted molar refractivity (Wildman–Crippen MR) is 69.9 cm³/mol. The van der Waals surface area contributed by atoms with E-state index in [-0.39, 0.29) is 17.8 Å². The average Bonchev–Trinajstić information content (AvgIpc) is 2.61. The second-order valence-corrected chi connectivity index (χ2v) is 7.29. The zero-order chi connectivity index (χ0) is 13.6. The largest absolute Gasteiger partial charge is 0.256 e. The molecule has 5 unspecified atom stereocenters. The van der Waals surface area contributed by atoms with Crippen LogP contribution in [0, 0.1) is 29.6 Å². The van der Waals surface area contributed by atoms with Crippen molar-refractivity contribution in [1.29, 1.82) is 0 Å². The first-order valence-electron chi connectivity index (χ1n) is 8.02. The molecule has 3 saturated carbocycles. The summed E-state index contributed by atoms with van der Waals surface area (Å²) in [5, 5.41) is 0. The fourth-order valence-electron chi connectivity index (χ4n) is 5.16. The minimum Gasteiger partial charge on any atom is -0.247 e. The molecular weight excluding hydrogens is 249 g/mol. The Morgan fingerprint density at radius 2 is 1.58 bits per heavy atom. The molecule has 0 N–H and O–H groups in total. The molecule has 19 heavy (non-hydrogen) atoms. The maximum Gasteiger partial charge on any atom is 0.256 e. The van der Waals surface area contributed by atoms with Crippen LogP contribution in [0.15, 0.2) is 0 Å². The van der Waals surface area contributed by atoms with Crippen LogP contribution in [0.2, 0.25) is 0 Å². The Bertz CT molecular complexity index is 322. The van der Waals surface area contributed by atoms with E-state index in [1.165, 1.54) is 6.42 Å². The van der Waals surface area contributed by atoms with E-state index in [0.29, 0.717) is 12.8 Å². The van der Waals surface area contributed by atoms with Gasteiger partial charge >= 0.3 is 0 Å². The Balaban J connectivity index is 1.79. The molecule has 0 aromatic rings.